The Morgan fingerprint density at radius 1 is 1.10 bits per heavy atom. The summed E-state index contributed by atoms with van der Waals surface area (Å²) in [6.45, 7) is 18.1. The van der Waals surface area contributed by atoms with Crippen LogP contribution >= 0.6 is 0 Å². The fourth-order valence-corrected chi connectivity index (χ4v) is 4.98. The van der Waals surface area contributed by atoms with Gasteiger partial charge in [0.25, 0.3) is 0 Å². The number of allylic oxidation sites excluding steroid dienone is 2. The lowest BCUT2D eigenvalue weighted by molar-refractivity contribution is 0.0149. The summed E-state index contributed by atoms with van der Waals surface area (Å²) < 4.78 is 5.78. The van der Waals surface area contributed by atoms with Gasteiger partial charge < -0.3 is 4.74 Å². The van der Waals surface area contributed by atoms with Crippen LogP contribution in [-0.2, 0) is 4.74 Å². The molecule has 1 aromatic rings. The van der Waals surface area contributed by atoms with E-state index in [-0.39, 0.29) is 10.6 Å². The van der Waals surface area contributed by atoms with Crippen LogP contribution in [0.3, 0.4) is 0 Å². The van der Waals surface area contributed by atoms with Crippen LogP contribution in [-0.4, -0.2) is 20.3 Å². The van der Waals surface area contributed by atoms with E-state index < -0.39 is 8.07 Å². The maximum Gasteiger partial charge on any atom is 0.0942 e. The van der Waals surface area contributed by atoms with Gasteiger partial charge in [-0.3, -0.25) is 0 Å². The molecule has 0 fully saturated rings. The summed E-state index contributed by atoms with van der Waals surface area (Å²) in [7, 11) is -1.69. The van der Waals surface area contributed by atoms with Crippen LogP contribution in [0.15, 0.2) is 55.1 Å². The zero-order valence-electron chi connectivity index (χ0n) is 14.4. The van der Waals surface area contributed by atoms with E-state index >= 15 is 0 Å². The smallest absolute Gasteiger partial charge is 0.0942 e. The highest BCUT2D eigenvalue weighted by Crippen LogP contribution is 2.40. The lowest BCUT2D eigenvalue weighted by Gasteiger charge is -2.39. The maximum atomic E-state index is 5.78. The predicted octanol–water partition coefficient (Wildman–Crippen LogP) is 4.92. The van der Waals surface area contributed by atoms with Gasteiger partial charge in [0.1, 0.15) is 0 Å². The molecule has 0 aromatic heterocycles. The second kappa shape index (κ2) is 6.76. The molecular weight excluding hydrogens is 272 g/mol. The fraction of sp³-hybridized carbons (Fsp3) is 0.474. The molecule has 0 amide bonds. The minimum absolute atomic E-state index is 0.00952. The van der Waals surface area contributed by atoms with Gasteiger partial charge in [-0.1, -0.05) is 73.8 Å². The second-order valence-corrected chi connectivity index (χ2v) is 12.2. The first-order valence-electron chi connectivity index (χ1n) is 7.63. The maximum absolute atomic E-state index is 5.78. The molecule has 1 atom stereocenters. The Bertz CT molecular complexity index is 482. The first-order chi connectivity index (χ1) is 9.62. The van der Waals surface area contributed by atoms with E-state index in [0.717, 1.165) is 0 Å². The highest BCUT2D eigenvalue weighted by molar-refractivity contribution is 6.93. The number of rotatable bonds is 6. The van der Waals surface area contributed by atoms with Crippen molar-refractivity contribution in [3.8, 4) is 0 Å². The Labute approximate surface area is 131 Å². The normalized spacial score (nSPS) is 15.9. The van der Waals surface area contributed by atoms with E-state index in [0.29, 0.717) is 6.61 Å². The third-order valence-corrected chi connectivity index (χ3v) is 9.18. The second-order valence-electron chi connectivity index (χ2n) is 7.30. The summed E-state index contributed by atoms with van der Waals surface area (Å²) in [5.41, 5.74) is -0.0959. The summed E-state index contributed by atoms with van der Waals surface area (Å²) in [4.78, 5) is 0. The van der Waals surface area contributed by atoms with Crippen LogP contribution in [0.25, 0.3) is 0 Å². The van der Waals surface area contributed by atoms with Gasteiger partial charge in [-0.25, -0.2) is 0 Å². The van der Waals surface area contributed by atoms with Crippen LogP contribution in [0, 0.1) is 0 Å². The average molecular weight is 303 g/mol. The molecule has 0 bridgehead atoms. The standard InChI is InChI=1S/C19H30OSi/c1-8-19(5,15-12-16-20-18(2,3)4)21(6,7)17-13-10-9-11-14-17/h8-15H,1,16H2,2-7H3/b15-12-/t19-/m1/s1. The summed E-state index contributed by atoms with van der Waals surface area (Å²) >= 11 is 0. The van der Waals surface area contributed by atoms with E-state index in [2.05, 4.69) is 95.9 Å². The Kier molecular flexibility index (Phi) is 5.77. The van der Waals surface area contributed by atoms with Crippen LogP contribution in [0.1, 0.15) is 27.7 Å². The van der Waals surface area contributed by atoms with Gasteiger partial charge in [0.15, 0.2) is 0 Å². The molecule has 0 saturated carbocycles. The minimum Gasteiger partial charge on any atom is -0.372 e. The Balaban J connectivity index is 2.93. The largest absolute Gasteiger partial charge is 0.372 e. The quantitative estimate of drug-likeness (QED) is 0.535. The SMILES string of the molecule is C=C[C@](C)(/C=C\COC(C)(C)C)[Si](C)(C)c1ccccc1. The summed E-state index contributed by atoms with van der Waals surface area (Å²) in [6, 6.07) is 10.8. The van der Waals surface area contributed by atoms with Crippen LogP contribution in [0.2, 0.25) is 18.1 Å². The van der Waals surface area contributed by atoms with Crippen LogP contribution in [0.5, 0.6) is 0 Å². The molecule has 116 valence electrons. The molecule has 0 N–H and O–H groups in total. The number of benzene rings is 1. The fourth-order valence-electron chi connectivity index (χ4n) is 2.29. The number of ether oxygens (including phenoxy) is 1. The molecule has 0 saturated heterocycles. The van der Waals surface area contributed by atoms with Crippen LogP contribution < -0.4 is 5.19 Å². The van der Waals surface area contributed by atoms with E-state index in [1.807, 2.05) is 0 Å². The van der Waals surface area contributed by atoms with Gasteiger partial charge in [-0.2, -0.15) is 0 Å². The van der Waals surface area contributed by atoms with Crippen LogP contribution in [0.4, 0.5) is 0 Å². The van der Waals surface area contributed by atoms with Gasteiger partial charge in [-0.15, -0.1) is 6.58 Å². The van der Waals surface area contributed by atoms with E-state index in [1.165, 1.54) is 5.19 Å². The van der Waals surface area contributed by atoms with Crippen molar-refractivity contribution in [1.29, 1.82) is 0 Å². The predicted molar refractivity (Wildman–Crippen MR) is 97.0 cm³/mol. The molecule has 2 heteroatoms. The summed E-state index contributed by atoms with van der Waals surface area (Å²) in [5, 5.41) is 1.46. The van der Waals surface area contributed by atoms with Crippen molar-refractivity contribution in [2.75, 3.05) is 6.61 Å². The zero-order valence-corrected chi connectivity index (χ0v) is 15.4. The van der Waals surface area contributed by atoms with Crippen molar-refractivity contribution in [3.05, 3.63) is 55.1 Å². The average Bonchev–Trinajstić information content (AvgIpc) is 2.43. The minimum atomic E-state index is -1.69. The molecule has 0 aliphatic rings. The summed E-state index contributed by atoms with van der Waals surface area (Å²) in [6.07, 6.45) is 6.52. The van der Waals surface area contributed by atoms with Gasteiger partial charge >= 0.3 is 0 Å². The third kappa shape index (κ3) is 4.68. The van der Waals surface area contributed by atoms with Gasteiger partial charge in [-0.05, 0) is 20.8 Å². The first kappa shape index (κ1) is 17.9. The van der Waals surface area contributed by atoms with Gasteiger partial charge in [0.2, 0.25) is 0 Å². The molecule has 0 aliphatic heterocycles. The number of hydrogen-bond donors (Lipinski definition) is 0. The molecular formula is C19H30OSi. The van der Waals surface area contributed by atoms with E-state index in [9.17, 15) is 0 Å². The highest BCUT2D eigenvalue weighted by Gasteiger charge is 2.39. The molecule has 1 rings (SSSR count). The third-order valence-electron chi connectivity index (χ3n) is 4.34. The van der Waals surface area contributed by atoms with Crippen molar-refractivity contribution >= 4 is 13.3 Å². The van der Waals surface area contributed by atoms with E-state index in [4.69, 9.17) is 4.74 Å². The van der Waals surface area contributed by atoms with Crippen molar-refractivity contribution in [3.63, 3.8) is 0 Å². The van der Waals surface area contributed by atoms with Gasteiger partial charge in [0.05, 0.1) is 20.3 Å². The van der Waals surface area contributed by atoms with E-state index in [1.54, 1.807) is 0 Å². The van der Waals surface area contributed by atoms with Crippen molar-refractivity contribution in [2.45, 2.75) is 51.4 Å². The lowest BCUT2D eigenvalue weighted by Crippen LogP contribution is -2.50. The summed E-state index contributed by atoms with van der Waals surface area (Å²) in [5.74, 6) is 0. The van der Waals surface area contributed by atoms with Crippen molar-refractivity contribution < 1.29 is 4.74 Å². The number of hydrogen-bond acceptors (Lipinski definition) is 1. The van der Waals surface area contributed by atoms with Gasteiger partial charge in [0, 0.05) is 5.04 Å². The molecule has 21 heavy (non-hydrogen) atoms. The highest BCUT2D eigenvalue weighted by atomic mass is 28.3. The molecule has 1 aromatic carbocycles. The Hall–Kier alpha value is -1.12. The first-order valence-corrected chi connectivity index (χ1v) is 10.6. The molecule has 0 spiro atoms. The molecule has 0 aliphatic carbocycles. The molecule has 0 radical (unpaired) electrons. The zero-order chi connectivity index (χ0) is 16.1. The Morgan fingerprint density at radius 3 is 2.14 bits per heavy atom. The topological polar surface area (TPSA) is 9.23 Å². The Morgan fingerprint density at radius 2 is 1.67 bits per heavy atom. The van der Waals surface area contributed by atoms with Crippen molar-refractivity contribution in [1.82, 2.24) is 0 Å². The molecule has 1 nitrogen and oxygen atoms in total. The lowest BCUT2D eigenvalue weighted by atomic mass is 10.1. The van der Waals surface area contributed by atoms with Crippen molar-refractivity contribution in [2.24, 2.45) is 0 Å². The molecule has 0 unspecified atom stereocenters. The molecule has 0 heterocycles. The monoisotopic (exact) mass is 302 g/mol.